The number of anilines is 1. The Bertz CT molecular complexity index is 1390. The molecule has 1 fully saturated rings. The molecule has 7 nitrogen and oxygen atoms in total. The fourth-order valence-corrected chi connectivity index (χ4v) is 5.61. The number of aromatic hydroxyl groups is 1. The average Bonchev–Trinajstić information content (AvgIpc) is 3.60. The predicted octanol–water partition coefficient (Wildman–Crippen LogP) is 4.81. The molecule has 0 aliphatic carbocycles. The van der Waals surface area contributed by atoms with Gasteiger partial charge in [0.15, 0.2) is 5.76 Å². The summed E-state index contributed by atoms with van der Waals surface area (Å²) < 4.78 is 20.2. The van der Waals surface area contributed by atoms with Crippen molar-refractivity contribution in [1.82, 2.24) is 19.5 Å². The van der Waals surface area contributed by atoms with Gasteiger partial charge in [-0.3, -0.25) is 4.90 Å². The first-order valence-electron chi connectivity index (χ1n) is 11.1. The Morgan fingerprint density at radius 2 is 1.71 bits per heavy atom. The third-order valence-corrected chi connectivity index (χ3v) is 7.25. The van der Waals surface area contributed by atoms with Crippen molar-refractivity contribution in [2.75, 3.05) is 31.1 Å². The number of thiazole rings is 1. The lowest BCUT2D eigenvalue weighted by Crippen LogP contribution is -2.47. The third kappa shape index (κ3) is 3.72. The van der Waals surface area contributed by atoms with Crippen LogP contribution < -0.4 is 4.90 Å². The lowest BCUT2D eigenvalue weighted by Gasteiger charge is -2.40. The summed E-state index contributed by atoms with van der Waals surface area (Å²) in [4.78, 5) is 10.6. The maximum atomic E-state index is 13.3. The SMILES string of the molecule is Oc1c(C(c2ccccc2)N2CCN(c3ccc(F)cc3)CC2)sc2nc(-c3ccco3)nn12. The minimum absolute atomic E-state index is 0.0973. The predicted molar refractivity (Wildman–Crippen MR) is 129 cm³/mol. The number of benzene rings is 2. The number of aromatic nitrogens is 3. The van der Waals surface area contributed by atoms with Crippen molar-refractivity contribution in [3.05, 3.63) is 89.3 Å². The summed E-state index contributed by atoms with van der Waals surface area (Å²) in [5, 5.41) is 15.7. The molecule has 1 saturated heterocycles. The number of fused-ring (bicyclic) bond motifs is 1. The van der Waals surface area contributed by atoms with Crippen LogP contribution in [0.5, 0.6) is 5.88 Å². The Morgan fingerprint density at radius 3 is 2.38 bits per heavy atom. The Morgan fingerprint density at radius 1 is 0.941 bits per heavy atom. The molecule has 9 heteroatoms. The first-order chi connectivity index (χ1) is 16.7. The molecule has 0 radical (unpaired) electrons. The minimum atomic E-state index is -0.228. The summed E-state index contributed by atoms with van der Waals surface area (Å²) in [7, 11) is 0. The summed E-state index contributed by atoms with van der Waals surface area (Å²) in [6.07, 6.45) is 1.58. The Balaban J connectivity index is 1.32. The maximum Gasteiger partial charge on any atom is 0.230 e. The van der Waals surface area contributed by atoms with Crippen LogP contribution in [0.2, 0.25) is 0 Å². The molecule has 172 valence electrons. The zero-order valence-corrected chi connectivity index (χ0v) is 19.0. The molecule has 2 aromatic carbocycles. The fourth-order valence-electron chi connectivity index (χ4n) is 4.49. The van der Waals surface area contributed by atoms with E-state index >= 15 is 0 Å². The second kappa shape index (κ2) is 8.58. The number of nitrogens with zero attached hydrogens (tertiary/aromatic N) is 5. The zero-order chi connectivity index (χ0) is 23.1. The molecule has 1 aliphatic rings. The number of halogens is 1. The van der Waals surface area contributed by atoms with Gasteiger partial charge in [0.05, 0.1) is 17.2 Å². The maximum absolute atomic E-state index is 13.3. The zero-order valence-electron chi connectivity index (χ0n) is 18.2. The molecule has 0 saturated carbocycles. The van der Waals surface area contributed by atoms with Crippen LogP contribution >= 0.6 is 11.3 Å². The molecule has 1 unspecified atom stereocenters. The number of rotatable bonds is 5. The lowest BCUT2D eigenvalue weighted by atomic mass is 10.0. The monoisotopic (exact) mass is 475 g/mol. The summed E-state index contributed by atoms with van der Waals surface area (Å²) in [5.74, 6) is 0.879. The molecule has 5 aromatic rings. The Kier molecular flexibility index (Phi) is 5.27. The highest BCUT2D eigenvalue weighted by Gasteiger charge is 2.32. The van der Waals surface area contributed by atoms with Gasteiger partial charge in [-0.2, -0.15) is 9.50 Å². The van der Waals surface area contributed by atoms with Crippen LogP contribution in [0.3, 0.4) is 0 Å². The summed E-state index contributed by atoms with van der Waals surface area (Å²) in [6, 6.07) is 20.3. The van der Waals surface area contributed by atoms with Crippen LogP contribution in [-0.2, 0) is 0 Å². The molecular formula is C25H22FN5O2S. The topological polar surface area (TPSA) is 70.0 Å². The number of hydrogen-bond acceptors (Lipinski definition) is 7. The van der Waals surface area contributed by atoms with Crippen molar-refractivity contribution in [1.29, 1.82) is 0 Å². The highest BCUT2D eigenvalue weighted by Crippen LogP contribution is 2.41. The van der Waals surface area contributed by atoms with Crippen LogP contribution in [0.1, 0.15) is 16.5 Å². The Labute approximate surface area is 199 Å². The molecule has 1 N–H and O–H groups in total. The van der Waals surface area contributed by atoms with Crippen LogP contribution in [0.25, 0.3) is 16.5 Å². The van der Waals surface area contributed by atoms with E-state index in [-0.39, 0.29) is 17.7 Å². The van der Waals surface area contributed by atoms with Gasteiger partial charge in [-0.15, -0.1) is 5.10 Å². The smallest absolute Gasteiger partial charge is 0.230 e. The highest BCUT2D eigenvalue weighted by molar-refractivity contribution is 7.17. The largest absolute Gasteiger partial charge is 0.492 e. The van der Waals surface area contributed by atoms with Gasteiger partial charge in [0, 0.05) is 31.9 Å². The minimum Gasteiger partial charge on any atom is -0.492 e. The van der Waals surface area contributed by atoms with E-state index in [1.807, 2.05) is 30.3 Å². The van der Waals surface area contributed by atoms with Crippen molar-refractivity contribution in [2.24, 2.45) is 0 Å². The van der Waals surface area contributed by atoms with Gasteiger partial charge in [0.2, 0.25) is 16.7 Å². The molecule has 1 aliphatic heterocycles. The standard InChI is InChI=1S/C25H22FN5O2S/c26-18-8-10-19(11-9-18)29-12-14-30(15-13-29)21(17-5-2-1-3-6-17)22-24(32)31-25(34-22)27-23(28-31)20-7-4-16-33-20/h1-11,16,21,32H,12-15H2. The molecule has 3 aromatic heterocycles. The summed E-state index contributed by atoms with van der Waals surface area (Å²) >= 11 is 1.44. The summed E-state index contributed by atoms with van der Waals surface area (Å²) in [5.41, 5.74) is 2.12. The second-order valence-electron chi connectivity index (χ2n) is 8.21. The van der Waals surface area contributed by atoms with Crippen molar-refractivity contribution in [3.63, 3.8) is 0 Å². The molecule has 4 heterocycles. The van der Waals surface area contributed by atoms with Crippen LogP contribution in [0, 0.1) is 5.82 Å². The number of piperazine rings is 1. The van der Waals surface area contributed by atoms with Crippen molar-refractivity contribution >= 4 is 22.0 Å². The van der Waals surface area contributed by atoms with E-state index < -0.39 is 0 Å². The van der Waals surface area contributed by atoms with Crippen molar-refractivity contribution in [2.45, 2.75) is 6.04 Å². The van der Waals surface area contributed by atoms with E-state index in [1.54, 1.807) is 18.4 Å². The van der Waals surface area contributed by atoms with Gasteiger partial charge in [-0.25, -0.2) is 4.39 Å². The van der Waals surface area contributed by atoms with Gasteiger partial charge in [0.1, 0.15) is 5.82 Å². The van der Waals surface area contributed by atoms with Gasteiger partial charge in [0.25, 0.3) is 0 Å². The number of hydrogen-bond donors (Lipinski definition) is 1. The average molecular weight is 476 g/mol. The van der Waals surface area contributed by atoms with E-state index in [4.69, 9.17) is 4.42 Å². The van der Waals surface area contributed by atoms with E-state index in [9.17, 15) is 9.50 Å². The van der Waals surface area contributed by atoms with Gasteiger partial charge < -0.3 is 14.4 Å². The highest BCUT2D eigenvalue weighted by atomic mass is 32.1. The molecular weight excluding hydrogens is 453 g/mol. The van der Waals surface area contributed by atoms with Crippen molar-refractivity contribution < 1.29 is 13.9 Å². The van der Waals surface area contributed by atoms with E-state index in [1.165, 1.54) is 28.0 Å². The summed E-state index contributed by atoms with van der Waals surface area (Å²) in [6.45, 7) is 3.20. The van der Waals surface area contributed by atoms with Crippen molar-refractivity contribution in [3.8, 4) is 17.5 Å². The lowest BCUT2D eigenvalue weighted by molar-refractivity contribution is 0.211. The molecule has 0 spiro atoms. The molecule has 1 atom stereocenters. The van der Waals surface area contributed by atoms with Crippen LogP contribution in [0.4, 0.5) is 10.1 Å². The third-order valence-electron chi connectivity index (χ3n) is 6.18. The van der Waals surface area contributed by atoms with Gasteiger partial charge in [-0.05, 0) is 42.0 Å². The second-order valence-corrected chi connectivity index (χ2v) is 9.22. The van der Waals surface area contributed by atoms with E-state index in [0.717, 1.165) is 42.3 Å². The molecule has 0 bridgehead atoms. The van der Waals surface area contributed by atoms with Gasteiger partial charge in [-0.1, -0.05) is 41.7 Å². The van der Waals surface area contributed by atoms with E-state index in [0.29, 0.717) is 16.5 Å². The van der Waals surface area contributed by atoms with Gasteiger partial charge >= 0.3 is 0 Å². The quantitative estimate of drug-likeness (QED) is 0.394. The normalized spacial score (nSPS) is 15.7. The molecule has 6 rings (SSSR count). The first-order valence-corrected chi connectivity index (χ1v) is 11.9. The Hall–Kier alpha value is -3.69. The van der Waals surface area contributed by atoms with E-state index in [2.05, 4.69) is 32.0 Å². The van der Waals surface area contributed by atoms with Crippen LogP contribution in [0.15, 0.2) is 77.4 Å². The number of furan rings is 1. The molecule has 0 amide bonds. The van der Waals surface area contributed by atoms with Crippen LogP contribution in [-0.4, -0.2) is 50.8 Å². The molecule has 34 heavy (non-hydrogen) atoms. The first kappa shape index (κ1) is 20.9. The fraction of sp³-hybridized carbons (Fsp3) is 0.200.